The molecule has 0 fully saturated rings. The van der Waals surface area contributed by atoms with Crippen molar-refractivity contribution >= 4 is 0 Å². The van der Waals surface area contributed by atoms with Crippen LogP contribution < -0.4 is 16.0 Å². The molecule has 0 radical (unpaired) electrons. The van der Waals surface area contributed by atoms with Crippen molar-refractivity contribution in [3.05, 3.63) is 95.5 Å². The molecule has 1 aromatic rings. The maximum atomic E-state index is 13.1. The molecule has 5 nitrogen and oxygen atoms in total. The topological polar surface area (TPSA) is 42.6 Å². The van der Waals surface area contributed by atoms with Crippen LogP contribution in [0.3, 0.4) is 0 Å². The number of benzene rings is 1. The Morgan fingerprint density at radius 2 is 2.07 bits per heavy atom. The van der Waals surface area contributed by atoms with Crippen LogP contribution in [0.5, 0.6) is 0 Å². The van der Waals surface area contributed by atoms with E-state index in [1.807, 2.05) is 42.5 Å². The van der Waals surface area contributed by atoms with Crippen LogP contribution in [-0.2, 0) is 6.18 Å². The summed E-state index contributed by atoms with van der Waals surface area (Å²) >= 11 is 0. The molecule has 0 bridgehead atoms. The first kappa shape index (κ1) is 20.0. The Hall–Kier alpha value is -3.29. The molecule has 3 N–H and O–H groups in total. The van der Waals surface area contributed by atoms with Crippen LogP contribution in [0.2, 0.25) is 0 Å². The third kappa shape index (κ3) is 4.03. The molecule has 3 heterocycles. The van der Waals surface area contributed by atoms with Gasteiger partial charge in [-0.1, -0.05) is 24.8 Å². The van der Waals surface area contributed by atoms with Crippen LogP contribution in [0.25, 0.3) is 0 Å². The van der Waals surface area contributed by atoms with E-state index in [1.54, 1.807) is 6.07 Å². The summed E-state index contributed by atoms with van der Waals surface area (Å²) in [5.41, 5.74) is 1.83. The molecule has 0 amide bonds. The molecule has 0 aromatic heterocycles. The summed E-state index contributed by atoms with van der Waals surface area (Å²) in [4.78, 5) is 4.16. The van der Waals surface area contributed by atoms with Crippen molar-refractivity contribution < 1.29 is 13.2 Å². The maximum Gasteiger partial charge on any atom is 0.416 e. The van der Waals surface area contributed by atoms with Gasteiger partial charge in [-0.15, -0.1) is 0 Å². The second-order valence-corrected chi connectivity index (χ2v) is 7.38. The van der Waals surface area contributed by atoms with Crippen molar-refractivity contribution in [2.45, 2.75) is 12.2 Å². The fraction of sp³-hybridized carbons (Fsp3) is 0.273. The Morgan fingerprint density at radius 1 is 1.23 bits per heavy atom. The molecule has 4 rings (SSSR count). The molecule has 0 spiro atoms. The van der Waals surface area contributed by atoms with Gasteiger partial charge in [-0.05, 0) is 42.1 Å². The number of alkyl halides is 3. The summed E-state index contributed by atoms with van der Waals surface area (Å²) < 4.78 is 39.4. The summed E-state index contributed by atoms with van der Waals surface area (Å²) in [6.07, 6.45) is 5.30. The quantitative estimate of drug-likeness (QED) is 0.704. The first-order chi connectivity index (χ1) is 14.3. The van der Waals surface area contributed by atoms with Gasteiger partial charge < -0.3 is 25.8 Å². The molecule has 1 atom stereocenters. The van der Waals surface area contributed by atoms with Crippen LogP contribution in [0, 0.1) is 0 Å². The minimum Gasteiger partial charge on any atom is -0.387 e. The lowest BCUT2D eigenvalue weighted by Gasteiger charge is -2.42. The van der Waals surface area contributed by atoms with Crippen LogP contribution in [-0.4, -0.2) is 36.5 Å². The van der Waals surface area contributed by atoms with Crippen LogP contribution >= 0.6 is 0 Å². The Balaban J connectivity index is 1.58. The number of dihydropyridines is 2. The highest BCUT2D eigenvalue weighted by Gasteiger charge is 2.32. The van der Waals surface area contributed by atoms with Gasteiger partial charge in [0.1, 0.15) is 11.6 Å². The van der Waals surface area contributed by atoms with Gasteiger partial charge >= 0.3 is 6.18 Å². The SMILES string of the molecule is C=C(NC1=CCNC=C1)N1CCN(C)C2=C1NC(c1cccc(C(F)(F)F)c1)C=C2. The van der Waals surface area contributed by atoms with Gasteiger partial charge in [0.2, 0.25) is 0 Å². The van der Waals surface area contributed by atoms with Gasteiger partial charge in [-0.2, -0.15) is 13.2 Å². The van der Waals surface area contributed by atoms with Gasteiger partial charge in [0.05, 0.1) is 17.3 Å². The zero-order chi connectivity index (χ0) is 21.3. The lowest BCUT2D eigenvalue weighted by Crippen LogP contribution is -2.47. The van der Waals surface area contributed by atoms with E-state index in [4.69, 9.17) is 0 Å². The number of allylic oxidation sites excluding steroid dienone is 2. The molecule has 30 heavy (non-hydrogen) atoms. The lowest BCUT2D eigenvalue weighted by atomic mass is 10.0. The third-order valence-electron chi connectivity index (χ3n) is 5.33. The van der Waals surface area contributed by atoms with E-state index < -0.39 is 11.7 Å². The van der Waals surface area contributed by atoms with Gasteiger partial charge in [0.15, 0.2) is 0 Å². The average molecular weight is 415 g/mol. The van der Waals surface area contributed by atoms with Crippen molar-refractivity contribution in [3.63, 3.8) is 0 Å². The number of hydrogen-bond acceptors (Lipinski definition) is 5. The second kappa shape index (κ2) is 7.85. The molecular formula is C22H24F3N5. The van der Waals surface area contributed by atoms with Crippen LogP contribution in [0.15, 0.2) is 84.4 Å². The van der Waals surface area contributed by atoms with E-state index in [1.165, 1.54) is 12.1 Å². The van der Waals surface area contributed by atoms with Crippen molar-refractivity contribution in [2.24, 2.45) is 0 Å². The zero-order valence-electron chi connectivity index (χ0n) is 16.6. The van der Waals surface area contributed by atoms with E-state index in [9.17, 15) is 13.2 Å². The van der Waals surface area contributed by atoms with Crippen molar-refractivity contribution in [1.29, 1.82) is 0 Å². The summed E-state index contributed by atoms with van der Waals surface area (Å²) in [7, 11) is 2.00. The van der Waals surface area contributed by atoms with Gasteiger partial charge in [0.25, 0.3) is 0 Å². The molecule has 158 valence electrons. The number of halogens is 3. The molecular weight excluding hydrogens is 391 g/mol. The summed E-state index contributed by atoms with van der Waals surface area (Å²) in [5.74, 6) is 1.53. The Bertz CT molecular complexity index is 958. The van der Waals surface area contributed by atoms with Gasteiger partial charge in [0, 0.05) is 32.4 Å². The Morgan fingerprint density at radius 3 is 2.80 bits per heavy atom. The van der Waals surface area contributed by atoms with Gasteiger partial charge in [-0.3, -0.25) is 0 Å². The highest BCUT2D eigenvalue weighted by atomic mass is 19.4. The van der Waals surface area contributed by atoms with E-state index >= 15 is 0 Å². The van der Waals surface area contributed by atoms with Crippen molar-refractivity contribution in [2.75, 3.05) is 26.7 Å². The van der Waals surface area contributed by atoms with E-state index in [0.717, 1.165) is 36.4 Å². The summed E-state index contributed by atoms with van der Waals surface area (Å²) in [6.45, 7) is 6.43. The average Bonchev–Trinajstić information content (AvgIpc) is 2.74. The van der Waals surface area contributed by atoms with Gasteiger partial charge in [-0.25, -0.2) is 0 Å². The summed E-state index contributed by atoms with van der Waals surface area (Å²) in [6, 6.07) is 5.07. The van der Waals surface area contributed by atoms with Crippen molar-refractivity contribution in [1.82, 2.24) is 25.8 Å². The van der Waals surface area contributed by atoms with E-state index in [2.05, 4.69) is 27.4 Å². The molecule has 8 heteroatoms. The largest absolute Gasteiger partial charge is 0.416 e. The van der Waals surface area contributed by atoms with Crippen LogP contribution in [0.1, 0.15) is 17.2 Å². The second-order valence-electron chi connectivity index (χ2n) is 7.38. The fourth-order valence-electron chi connectivity index (χ4n) is 3.70. The monoisotopic (exact) mass is 415 g/mol. The molecule has 1 unspecified atom stereocenters. The van der Waals surface area contributed by atoms with E-state index in [-0.39, 0.29) is 6.04 Å². The number of nitrogens with one attached hydrogen (secondary N) is 3. The highest BCUT2D eigenvalue weighted by molar-refractivity contribution is 5.39. The van der Waals surface area contributed by atoms with E-state index in [0.29, 0.717) is 17.9 Å². The van der Waals surface area contributed by atoms with Crippen molar-refractivity contribution in [3.8, 4) is 0 Å². The minimum absolute atomic E-state index is 0.370. The molecule has 0 aliphatic carbocycles. The first-order valence-corrected chi connectivity index (χ1v) is 9.74. The summed E-state index contributed by atoms with van der Waals surface area (Å²) in [5, 5.41) is 9.83. The normalized spacial score (nSPS) is 20.9. The Kier molecular flexibility index (Phi) is 5.24. The molecule has 1 aromatic carbocycles. The fourth-order valence-corrected chi connectivity index (χ4v) is 3.70. The molecule has 3 aliphatic rings. The number of rotatable bonds is 4. The predicted molar refractivity (Wildman–Crippen MR) is 110 cm³/mol. The number of hydrogen-bond donors (Lipinski definition) is 3. The number of likely N-dealkylation sites (N-methyl/N-ethyl adjacent to an activating group) is 1. The highest BCUT2D eigenvalue weighted by Crippen LogP contribution is 2.33. The maximum absolute atomic E-state index is 13.1. The molecule has 3 aliphatic heterocycles. The van der Waals surface area contributed by atoms with Crippen LogP contribution in [0.4, 0.5) is 13.2 Å². The standard InChI is InChI=1S/C22H24F3N5/c1-15(27-18-8-10-26-11-9-18)30-13-12-29(2)20-7-6-19(28-21(20)30)16-4-3-5-17(14-16)22(23,24)25/h3-10,14,19,26-28H,1,11-13H2,2H3. The molecule has 0 saturated heterocycles. The lowest BCUT2D eigenvalue weighted by molar-refractivity contribution is -0.137. The Labute approximate surface area is 173 Å². The zero-order valence-corrected chi connectivity index (χ0v) is 16.6. The minimum atomic E-state index is -4.37. The smallest absolute Gasteiger partial charge is 0.387 e. The third-order valence-corrected chi connectivity index (χ3v) is 5.33. The first-order valence-electron chi connectivity index (χ1n) is 9.74. The number of nitrogens with zero attached hydrogens (tertiary/aromatic N) is 2. The molecule has 0 saturated carbocycles. The predicted octanol–water partition coefficient (Wildman–Crippen LogP) is 3.38.